The molecule has 0 aliphatic heterocycles. The lowest BCUT2D eigenvalue weighted by Crippen LogP contribution is -2.28. The van der Waals surface area contributed by atoms with Crippen molar-refractivity contribution in [2.24, 2.45) is 0 Å². The number of nitrogens with one attached hydrogen (secondary N) is 1. The molecule has 0 unspecified atom stereocenters. The number of benzene rings is 2. The second-order valence-electron chi connectivity index (χ2n) is 5.52. The van der Waals surface area contributed by atoms with E-state index in [1.54, 1.807) is 36.4 Å². The number of esters is 1. The lowest BCUT2D eigenvalue weighted by atomic mass is 10.1. The maximum atomic E-state index is 12.3. The third-order valence-corrected chi connectivity index (χ3v) is 4.35. The summed E-state index contributed by atoms with van der Waals surface area (Å²) in [5.74, 6) is -0.880. The molecule has 0 saturated heterocycles. The van der Waals surface area contributed by atoms with Gasteiger partial charge in [0.05, 0.1) is 5.56 Å². The van der Waals surface area contributed by atoms with Gasteiger partial charge in [-0.1, -0.05) is 18.2 Å². The van der Waals surface area contributed by atoms with E-state index in [0.29, 0.717) is 15.4 Å². The lowest BCUT2D eigenvalue weighted by Gasteiger charge is -2.07. The summed E-state index contributed by atoms with van der Waals surface area (Å²) in [4.78, 5) is 36.3. The highest BCUT2D eigenvalue weighted by molar-refractivity contribution is 9.10. The number of hydrogen-bond acceptors (Lipinski definition) is 5. The Kier molecular flexibility index (Phi) is 5.52. The molecule has 136 valence electrons. The molecule has 1 amide bonds. The predicted octanol–water partition coefficient (Wildman–Crippen LogP) is 3.69. The van der Waals surface area contributed by atoms with Crippen LogP contribution in [0.5, 0.6) is 5.75 Å². The highest BCUT2D eigenvalue weighted by Gasteiger charge is 2.15. The quantitative estimate of drug-likeness (QED) is 0.290. The van der Waals surface area contributed by atoms with Gasteiger partial charge in [0.2, 0.25) is 0 Å². The molecule has 7 heteroatoms. The molecule has 0 saturated carbocycles. The Morgan fingerprint density at radius 2 is 1.93 bits per heavy atom. The van der Waals surface area contributed by atoms with Gasteiger partial charge in [0, 0.05) is 22.5 Å². The van der Waals surface area contributed by atoms with E-state index in [4.69, 9.17) is 9.15 Å². The number of fused-ring (bicyclic) bond motifs is 1. The molecule has 1 heterocycles. The molecular weight excluding hydrogens is 414 g/mol. The van der Waals surface area contributed by atoms with E-state index in [2.05, 4.69) is 27.8 Å². The van der Waals surface area contributed by atoms with Crippen LogP contribution in [0.3, 0.4) is 0 Å². The van der Waals surface area contributed by atoms with Gasteiger partial charge in [0.1, 0.15) is 16.9 Å². The van der Waals surface area contributed by atoms with Gasteiger partial charge in [-0.3, -0.25) is 4.79 Å². The monoisotopic (exact) mass is 427 g/mol. The van der Waals surface area contributed by atoms with E-state index in [-0.39, 0.29) is 23.4 Å². The van der Waals surface area contributed by atoms with Crippen LogP contribution in [0, 0.1) is 0 Å². The molecular formula is C20H14BrNO5. The van der Waals surface area contributed by atoms with Gasteiger partial charge in [-0.05, 0) is 46.3 Å². The maximum absolute atomic E-state index is 12.3. The van der Waals surface area contributed by atoms with Crippen LogP contribution in [0.1, 0.15) is 20.7 Å². The Morgan fingerprint density at radius 1 is 1.15 bits per heavy atom. The number of carbonyl (C=O) groups excluding carboxylic acids is 2. The Balaban J connectivity index is 1.89. The van der Waals surface area contributed by atoms with Crippen LogP contribution in [0.15, 0.2) is 74.9 Å². The van der Waals surface area contributed by atoms with Crippen molar-refractivity contribution in [3.63, 3.8) is 0 Å². The molecule has 1 aromatic heterocycles. The van der Waals surface area contributed by atoms with Crippen molar-refractivity contribution in [2.75, 3.05) is 6.54 Å². The third-order valence-electron chi connectivity index (χ3n) is 3.66. The van der Waals surface area contributed by atoms with Crippen molar-refractivity contribution >= 4 is 38.8 Å². The van der Waals surface area contributed by atoms with Gasteiger partial charge in [0.25, 0.3) is 5.91 Å². The van der Waals surface area contributed by atoms with Gasteiger partial charge in [0.15, 0.2) is 0 Å². The van der Waals surface area contributed by atoms with E-state index >= 15 is 0 Å². The number of hydrogen-bond donors (Lipinski definition) is 1. The summed E-state index contributed by atoms with van der Waals surface area (Å²) in [5, 5.41) is 3.05. The van der Waals surface area contributed by atoms with E-state index in [1.807, 2.05) is 0 Å². The largest absolute Gasteiger partial charge is 0.423 e. The summed E-state index contributed by atoms with van der Waals surface area (Å²) in [6, 6.07) is 12.9. The highest BCUT2D eigenvalue weighted by atomic mass is 79.9. The van der Waals surface area contributed by atoms with Gasteiger partial charge in [-0.15, -0.1) is 6.58 Å². The zero-order valence-electron chi connectivity index (χ0n) is 14.0. The van der Waals surface area contributed by atoms with Gasteiger partial charge >= 0.3 is 11.6 Å². The topological polar surface area (TPSA) is 85.6 Å². The zero-order valence-corrected chi connectivity index (χ0v) is 15.6. The molecule has 0 bridgehead atoms. The van der Waals surface area contributed by atoms with Gasteiger partial charge in [-0.2, -0.15) is 0 Å². The van der Waals surface area contributed by atoms with Crippen molar-refractivity contribution in [1.82, 2.24) is 5.32 Å². The first-order valence-electron chi connectivity index (χ1n) is 7.93. The summed E-state index contributed by atoms with van der Waals surface area (Å²) in [6.45, 7) is 3.73. The smallest absolute Gasteiger partial charge is 0.349 e. The van der Waals surface area contributed by atoms with E-state index < -0.39 is 17.5 Å². The van der Waals surface area contributed by atoms with Gasteiger partial charge < -0.3 is 14.5 Å². The molecule has 0 aliphatic rings. The number of rotatable bonds is 5. The molecule has 27 heavy (non-hydrogen) atoms. The normalized spacial score (nSPS) is 10.4. The van der Waals surface area contributed by atoms with Crippen LogP contribution in [0.4, 0.5) is 0 Å². The van der Waals surface area contributed by atoms with Crippen molar-refractivity contribution in [2.45, 2.75) is 0 Å². The fourth-order valence-electron chi connectivity index (χ4n) is 2.36. The maximum Gasteiger partial charge on any atom is 0.349 e. The summed E-state index contributed by atoms with van der Waals surface area (Å²) >= 11 is 3.29. The predicted molar refractivity (Wildman–Crippen MR) is 104 cm³/mol. The number of ether oxygens (including phenoxy) is 1. The Hall–Kier alpha value is -3.19. The van der Waals surface area contributed by atoms with Crippen molar-refractivity contribution in [3.8, 4) is 5.75 Å². The zero-order chi connectivity index (χ0) is 19.4. The Bertz CT molecular complexity index is 1100. The second kappa shape index (κ2) is 8.01. The van der Waals surface area contributed by atoms with Crippen molar-refractivity contribution < 1.29 is 18.7 Å². The number of amides is 1. The van der Waals surface area contributed by atoms with Crippen LogP contribution in [-0.2, 0) is 0 Å². The first-order chi connectivity index (χ1) is 13.0. The third kappa shape index (κ3) is 4.15. The SMILES string of the molecule is C=CCNC(=O)c1cc2ccc(OC(=O)c3ccccc3Br)cc2oc1=O. The minimum Gasteiger partial charge on any atom is -0.423 e. The minimum absolute atomic E-state index is 0.109. The molecule has 1 N–H and O–H groups in total. The average Bonchev–Trinajstić information content (AvgIpc) is 2.65. The van der Waals surface area contributed by atoms with Crippen LogP contribution in [0.25, 0.3) is 11.0 Å². The Morgan fingerprint density at radius 3 is 2.67 bits per heavy atom. The summed E-state index contributed by atoms with van der Waals surface area (Å²) < 4.78 is 11.2. The van der Waals surface area contributed by atoms with Gasteiger partial charge in [-0.25, -0.2) is 9.59 Å². The van der Waals surface area contributed by atoms with E-state index in [9.17, 15) is 14.4 Å². The Labute approximate surface area is 162 Å². The van der Waals surface area contributed by atoms with E-state index in [1.165, 1.54) is 18.2 Å². The molecule has 3 aromatic rings. The van der Waals surface area contributed by atoms with Crippen LogP contribution in [0.2, 0.25) is 0 Å². The molecule has 0 fully saturated rings. The van der Waals surface area contributed by atoms with Crippen molar-refractivity contribution in [1.29, 1.82) is 0 Å². The molecule has 0 radical (unpaired) electrons. The van der Waals surface area contributed by atoms with Crippen LogP contribution >= 0.6 is 15.9 Å². The summed E-state index contributed by atoms with van der Waals surface area (Å²) in [6.07, 6.45) is 1.51. The van der Waals surface area contributed by atoms with Crippen LogP contribution in [-0.4, -0.2) is 18.4 Å². The molecule has 6 nitrogen and oxygen atoms in total. The minimum atomic E-state index is -0.779. The first-order valence-corrected chi connectivity index (χ1v) is 8.72. The number of carbonyl (C=O) groups is 2. The first kappa shape index (κ1) is 18.6. The van der Waals surface area contributed by atoms with Crippen molar-refractivity contribution in [3.05, 3.63) is 87.2 Å². The molecule has 2 aromatic carbocycles. The second-order valence-corrected chi connectivity index (χ2v) is 6.37. The molecule has 0 aliphatic carbocycles. The fraction of sp³-hybridized carbons (Fsp3) is 0.0500. The fourth-order valence-corrected chi connectivity index (χ4v) is 2.81. The lowest BCUT2D eigenvalue weighted by molar-refractivity contribution is 0.0733. The highest BCUT2D eigenvalue weighted by Crippen LogP contribution is 2.23. The molecule has 0 atom stereocenters. The van der Waals surface area contributed by atoms with Crippen LogP contribution < -0.4 is 15.7 Å². The number of halogens is 1. The molecule has 0 spiro atoms. The summed E-state index contributed by atoms with van der Waals surface area (Å²) in [7, 11) is 0. The standard InChI is InChI=1S/C20H14BrNO5/c1-2-9-22-18(23)15-10-12-7-8-13(11-17(12)27-20(15)25)26-19(24)14-5-3-4-6-16(14)21/h2-8,10-11H,1,9H2,(H,22,23). The molecule has 3 rings (SSSR count). The van der Waals surface area contributed by atoms with E-state index in [0.717, 1.165) is 0 Å². The summed E-state index contributed by atoms with van der Waals surface area (Å²) in [5.41, 5.74) is -0.313. The average molecular weight is 428 g/mol.